The van der Waals surface area contributed by atoms with Crippen molar-refractivity contribution in [2.45, 2.75) is 17.3 Å². The Morgan fingerprint density at radius 2 is 2.27 bits per heavy atom. The molecule has 0 fully saturated rings. The van der Waals surface area contributed by atoms with E-state index in [0.717, 1.165) is 4.88 Å². The number of nitrogens with zero attached hydrogens (tertiary/aromatic N) is 6. The van der Waals surface area contributed by atoms with E-state index in [-0.39, 0.29) is 5.25 Å². The lowest BCUT2D eigenvalue weighted by Gasteiger charge is -2.00. The van der Waals surface area contributed by atoms with E-state index in [9.17, 15) is 0 Å². The van der Waals surface area contributed by atoms with Crippen molar-refractivity contribution in [2.24, 2.45) is 0 Å². The summed E-state index contributed by atoms with van der Waals surface area (Å²) < 4.78 is 6.98. The van der Waals surface area contributed by atoms with Gasteiger partial charge in [0, 0.05) is 12.4 Å². The van der Waals surface area contributed by atoms with Crippen molar-refractivity contribution in [1.82, 2.24) is 29.7 Å². The van der Waals surface area contributed by atoms with Gasteiger partial charge in [-0.25, -0.2) is 9.50 Å². The first-order chi connectivity index (χ1) is 10.8. The third-order valence-corrected chi connectivity index (χ3v) is 4.72. The predicted molar refractivity (Wildman–Crippen MR) is 82.7 cm³/mol. The fraction of sp³-hybridized carbons (Fsp3) is 0.154. The Labute approximate surface area is 133 Å². The molecule has 4 heterocycles. The SMILES string of the molecule is C[C@@H](Sc1nc2ncccn2n1)c1nc(-c2cccs2)no1. The molecule has 1 atom stereocenters. The first kappa shape index (κ1) is 13.4. The summed E-state index contributed by atoms with van der Waals surface area (Å²) >= 11 is 3.04. The lowest BCUT2D eigenvalue weighted by Crippen LogP contribution is -1.90. The molecular weight excluding hydrogens is 320 g/mol. The van der Waals surface area contributed by atoms with Crippen LogP contribution in [0.15, 0.2) is 45.7 Å². The third kappa shape index (κ3) is 2.48. The zero-order valence-electron chi connectivity index (χ0n) is 11.4. The second-order valence-corrected chi connectivity index (χ2v) is 6.71. The highest BCUT2D eigenvalue weighted by Crippen LogP contribution is 2.33. The van der Waals surface area contributed by atoms with Gasteiger partial charge in [0.05, 0.1) is 10.1 Å². The Morgan fingerprint density at radius 1 is 1.32 bits per heavy atom. The molecule has 0 radical (unpaired) electrons. The maximum absolute atomic E-state index is 5.34. The van der Waals surface area contributed by atoms with E-state index in [1.807, 2.05) is 36.7 Å². The topological polar surface area (TPSA) is 82.0 Å². The molecule has 9 heteroatoms. The van der Waals surface area contributed by atoms with Gasteiger partial charge in [-0.1, -0.05) is 23.0 Å². The van der Waals surface area contributed by atoms with Crippen LogP contribution >= 0.6 is 23.1 Å². The van der Waals surface area contributed by atoms with Crippen LogP contribution in [-0.4, -0.2) is 29.7 Å². The molecule has 110 valence electrons. The first-order valence-electron chi connectivity index (χ1n) is 6.51. The molecule has 7 nitrogen and oxygen atoms in total. The minimum absolute atomic E-state index is 0.0429. The lowest BCUT2D eigenvalue weighted by molar-refractivity contribution is 0.381. The average Bonchev–Trinajstić information content (AvgIpc) is 3.26. The molecule has 0 aromatic carbocycles. The van der Waals surface area contributed by atoms with Crippen LogP contribution in [-0.2, 0) is 0 Å². The van der Waals surface area contributed by atoms with E-state index >= 15 is 0 Å². The number of aromatic nitrogens is 6. The zero-order valence-corrected chi connectivity index (χ0v) is 13.1. The van der Waals surface area contributed by atoms with E-state index in [4.69, 9.17) is 4.52 Å². The molecule has 0 aliphatic heterocycles. The van der Waals surface area contributed by atoms with Crippen LogP contribution in [0, 0.1) is 0 Å². The van der Waals surface area contributed by atoms with E-state index < -0.39 is 0 Å². The molecule has 0 saturated carbocycles. The Balaban J connectivity index is 1.55. The van der Waals surface area contributed by atoms with E-state index in [0.29, 0.717) is 22.6 Å². The number of thiophene rings is 1. The monoisotopic (exact) mass is 330 g/mol. The number of hydrogen-bond acceptors (Lipinski definition) is 8. The summed E-state index contributed by atoms with van der Waals surface area (Å²) in [6.07, 6.45) is 3.50. The number of thioether (sulfide) groups is 1. The number of hydrogen-bond donors (Lipinski definition) is 0. The molecule has 4 aromatic rings. The molecule has 0 bridgehead atoms. The Morgan fingerprint density at radius 3 is 3.09 bits per heavy atom. The Kier molecular flexibility index (Phi) is 3.35. The van der Waals surface area contributed by atoms with Crippen molar-refractivity contribution in [2.75, 3.05) is 0 Å². The zero-order chi connectivity index (χ0) is 14.9. The summed E-state index contributed by atoms with van der Waals surface area (Å²) in [5.74, 6) is 1.74. The second-order valence-electron chi connectivity index (χ2n) is 4.45. The van der Waals surface area contributed by atoms with Crippen LogP contribution in [0.3, 0.4) is 0 Å². The Hall–Kier alpha value is -2.26. The molecule has 0 unspecified atom stereocenters. The highest BCUT2D eigenvalue weighted by Gasteiger charge is 2.19. The minimum Gasteiger partial charge on any atom is -0.338 e. The largest absolute Gasteiger partial charge is 0.338 e. The number of fused-ring (bicyclic) bond motifs is 1. The fourth-order valence-corrected chi connectivity index (χ4v) is 3.31. The lowest BCUT2D eigenvalue weighted by atomic mass is 10.4. The summed E-state index contributed by atoms with van der Waals surface area (Å²) in [5, 5.41) is 10.9. The van der Waals surface area contributed by atoms with Crippen LogP contribution in [0.1, 0.15) is 18.1 Å². The molecule has 4 rings (SSSR count). The normalized spacial score (nSPS) is 12.8. The third-order valence-electron chi connectivity index (χ3n) is 2.91. The van der Waals surface area contributed by atoms with Gasteiger partial charge in [0.2, 0.25) is 16.9 Å². The molecule has 0 spiro atoms. The van der Waals surface area contributed by atoms with Crippen molar-refractivity contribution >= 4 is 28.9 Å². The van der Waals surface area contributed by atoms with Crippen molar-refractivity contribution in [3.8, 4) is 10.7 Å². The summed E-state index contributed by atoms with van der Waals surface area (Å²) in [6.45, 7) is 1.98. The van der Waals surface area contributed by atoms with Crippen LogP contribution in [0.5, 0.6) is 0 Å². The molecule has 4 aromatic heterocycles. The van der Waals surface area contributed by atoms with Gasteiger partial charge in [-0.3, -0.25) is 0 Å². The minimum atomic E-state index is -0.0429. The predicted octanol–water partition coefficient (Wildman–Crippen LogP) is 3.09. The standard InChI is InChI=1S/C13H10N6OS2/c1-8(11-15-10(18-20-11)9-4-2-7-21-9)22-13-16-12-14-5-3-6-19(12)17-13/h2-8H,1H3/t8-/m1/s1. The quantitative estimate of drug-likeness (QED) is 0.532. The molecule has 0 aliphatic carbocycles. The van der Waals surface area contributed by atoms with Gasteiger partial charge in [0.25, 0.3) is 5.78 Å². The highest BCUT2D eigenvalue weighted by atomic mass is 32.2. The van der Waals surface area contributed by atoms with Gasteiger partial charge in [-0.15, -0.1) is 16.4 Å². The Bertz CT molecular complexity index is 867. The van der Waals surface area contributed by atoms with Gasteiger partial charge >= 0.3 is 0 Å². The summed E-state index contributed by atoms with van der Waals surface area (Å²) in [4.78, 5) is 13.9. The van der Waals surface area contributed by atoms with Gasteiger partial charge in [-0.05, 0) is 24.4 Å². The molecule has 0 saturated heterocycles. The molecule has 0 aliphatic rings. The van der Waals surface area contributed by atoms with Gasteiger partial charge < -0.3 is 4.52 Å². The van der Waals surface area contributed by atoms with Gasteiger partial charge in [0.15, 0.2) is 0 Å². The number of rotatable bonds is 4. The maximum atomic E-state index is 5.34. The van der Waals surface area contributed by atoms with E-state index in [1.54, 1.807) is 22.0 Å². The molecule has 0 amide bonds. The van der Waals surface area contributed by atoms with Gasteiger partial charge in [0.1, 0.15) is 0 Å². The summed E-state index contributed by atoms with van der Waals surface area (Å²) in [7, 11) is 0. The highest BCUT2D eigenvalue weighted by molar-refractivity contribution is 7.99. The second kappa shape index (κ2) is 5.50. The smallest absolute Gasteiger partial charge is 0.253 e. The van der Waals surface area contributed by atoms with Crippen molar-refractivity contribution in [3.05, 3.63) is 41.9 Å². The average molecular weight is 330 g/mol. The van der Waals surface area contributed by atoms with Crippen LogP contribution in [0.4, 0.5) is 0 Å². The fourth-order valence-electron chi connectivity index (χ4n) is 1.88. The van der Waals surface area contributed by atoms with E-state index in [2.05, 4.69) is 25.2 Å². The maximum Gasteiger partial charge on any atom is 0.253 e. The van der Waals surface area contributed by atoms with Crippen LogP contribution < -0.4 is 0 Å². The van der Waals surface area contributed by atoms with Gasteiger partial charge in [-0.2, -0.15) is 9.97 Å². The first-order valence-corrected chi connectivity index (χ1v) is 8.27. The van der Waals surface area contributed by atoms with Crippen molar-refractivity contribution in [3.63, 3.8) is 0 Å². The summed E-state index contributed by atoms with van der Waals surface area (Å²) in [6, 6.07) is 5.74. The van der Waals surface area contributed by atoms with Crippen LogP contribution in [0.2, 0.25) is 0 Å². The van der Waals surface area contributed by atoms with E-state index in [1.165, 1.54) is 11.8 Å². The summed E-state index contributed by atoms with van der Waals surface area (Å²) in [5.41, 5.74) is 0. The molecule has 22 heavy (non-hydrogen) atoms. The molecular formula is C13H10N6OS2. The molecule has 0 N–H and O–H groups in total. The van der Waals surface area contributed by atoms with Crippen molar-refractivity contribution < 1.29 is 4.52 Å². The van der Waals surface area contributed by atoms with Crippen molar-refractivity contribution in [1.29, 1.82) is 0 Å². The van der Waals surface area contributed by atoms with Crippen LogP contribution in [0.25, 0.3) is 16.5 Å².